The van der Waals surface area contributed by atoms with Crippen LogP contribution in [0.2, 0.25) is 10.0 Å². The Labute approximate surface area is 125 Å². The molecule has 0 aliphatic rings. The van der Waals surface area contributed by atoms with Crippen LogP contribution in [-0.2, 0) is 0 Å². The molecule has 2 amide bonds. The van der Waals surface area contributed by atoms with Crippen molar-refractivity contribution in [3.05, 3.63) is 57.8 Å². The first-order valence-corrected chi connectivity index (χ1v) is 6.51. The lowest BCUT2D eigenvalue weighted by atomic mass is 10.2. The summed E-state index contributed by atoms with van der Waals surface area (Å²) >= 11 is 11.7. The lowest BCUT2D eigenvalue weighted by Crippen LogP contribution is -2.20. The van der Waals surface area contributed by atoms with Crippen LogP contribution in [0.5, 0.6) is 0 Å². The molecule has 0 aromatic heterocycles. The summed E-state index contributed by atoms with van der Waals surface area (Å²) in [5.74, 6) is -0.597. The lowest BCUT2D eigenvalue weighted by molar-refractivity contribution is 0.262. The van der Waals surface area contributed by atoms with Gasteiger partial charge >= 0.3 is 6.03 Å². The Morgan fingerprint density at radius 2 is 1.90 bits per heavy atom. The van der Waals surface area contributed by atoms with E-state index in [0.29, 0.717) is 10.7 Å². The molecule has 0 radical (unpaired) electrons. The minimum absolute atomic E-state index is 0.0571. The summed E-state index contributed by atoms with van der Waals surface area (Å²) in [7, 11) is 0. The standard InChI is InChI=1S/C14H11Cl2FN2O/c1-8-7-9(15)5-6-12(8)18-14(20)19-13-10(16)3-2-4-11(13)17/h2-7H,1H3,(H2,18,19,20). The fourth-order valence-corrected chi connectivity index (χ4v) is 2.09. The molecule has 3 nitrogen and oxygen atoms in total. The van der Waals surface area contributed by atoms with E-state index in [9.17, 15) is 9.18 Å². The number of aryl methyl sites for hydroxylation is 1. The number of halogens is 3. The van der Waals surface area contributed by atoms with Crippen molar-refractivity contribution in [3.63, 3.8) is 0 Å². The molecule has 0 fully saturated rings. The van der Waals surface area contributed by atoms with Crippen molar-refractivity contribution in [1.82, 2.24) is 0 Å². The molecule has 2 N–H and O–H groups in total. The first-order valence-electron chi connectivity index (χ1n) is 5.75. The number of anilines is 2. The number of nitrogens with one attached hydrogen (secondary N) is 2. The van der Waals surface area contributed by atoms with E-state index in [2.05, 4.69) is 10.6 Å². The Hall–Kier alpha value is -1.78. The van der Waals surface area contributed by atoms with Crippen LogP contribution in [0.3, 0.4) is 0 Å². The predicted molar refractivity (Wildman–Crippen MR) is 80.2 cm³/mol. The van der Waals surface area contributed by atoms with Crippen LogP contribution < -0.4 is 10.6 Å². The predicted octanol–water partition coefficient (Wildman–Crippen LogP) is 5.08. The zero-order chi connectivity index (χ0) is 14.7. The van der Waals surface area contributed by atoms with Gasteiger partial charge in [-0.1, -0.05) is 29.3 Å². The molecular formula is C14H11Cl2FN2O. The van der Waals surface area contributed by atoms with E-state index in [4.69, 9.17) is 23.2 Å². The number of rotatable bonds is 2. The van der Waals surface area contributed by atoms with Gasteiger partial charge in [0.2, 0.25) is 0 Å². The highest BCUT2D eigenvalue weighted by Gasteiger charge is 2.11. The Kier molecular flexibility index (Phi) is 4.47. The maximum Gasteiger partial charge on any atom is 0.323 e. The summed E-state index contributed by atoms with van der Waals surface area (Å²) in [5.41, 5.74) is 1.32. The lowest BCUT2D eigenvalue weighted by Gasteiger charge is -2.11. The third kappa shape index (κ3) is 3.40. The second-order valence-electron chi connectivity index (χ2n) is 4.14. The van der Waals surface area contributed by atoms with Gasteiger partial charge in [-0.3, -0.25) is 0 Å². The average Bonchev–Trinajstić information content (AvgIpc) is 2.37. The molecule has 0 heterocycles. The van der Waals surface area contributed by atoms with E-state index in [1.165, 1.54) is 18.2 Å². The Balaban J connectivity index is 2.13. The minimum Gasteiger partial charge on any atom is -0.307 e. The Morgan fingerprint density at radius 3 is 2.55 bits per heavy atom. The number of carbonyl (C=O) groups excluding carboxylic acids is 1. The van der Waals surface area contributed by atoms with Crippen LogP contribution in [0.1, 0.15) is 5.56 Å². The maximum atomic E-state index is 13.5. The van der Waals surface area contributed by atoms with Gasteiger partial charge in [0.15, 0.2) is 0 Å². The van der Waals surface area contributed by atoms with Crippen LogP contribution in [0.25, 0.3) is 0 Å². The third-order valence-corrected chi connectivity index (χ3v) is 3.19. The molecule has 20 heavy (non-hydrogen) atoms. The van der Waals surface area contributed by atoms with E-state index in [-0.39, 0.29) is 10.7 Å². The van der Waals surface area contributed by atoms with Crippen molar-refractivity contribution >= 4 is 40.6 Å². The van der Waals surface area contributed by atoms with Crippen LogP contribution in [0, 0.1) is 12.7 Å². The fourth-order valence-electron chi connectivity index (χ4n) is 1.65. The molecule has 0 bridgehead atoms. The fraction of sp³-hybridized carbons (Fsp3) is 0.0714. The van der Waals surface area contributed by atoms with Gasteiger partial charge < -0.3 is 10.6 Å². The molecule has 0 saturated carbocycles. The summed E-state index contributed by atoms with van der Waals surface area (Å²) in [6, 6.07) is 8.63. The SMILES string of the molecule is Cc1cc(Cl)ccc1NC(=O)Nc1c(F)cccc1Cl. The molecule has 2 aromatic rings. The number of hydrogen-bond acceptors (Lipinski definition) is 1. The minimum atomic E-state index is -0.597. The maximum absolute atomic E-state index is 13.5. The highest BCUT2D eigenvalue weighted by molar-refractivity contribution is 6.33. The molecule has 6 heteroatoms. The van der Waals surface area contributed by atoms with Crippen LogP contribution in [0.15, 0.2) is 36.4 Å². The molecule has 0 atom stereocenters. The topological polar surface area (TPSA) is 41.1 Å². The van der Waals surface area contributed by atoms with Gasteiger partial charge in [-0.25, -0.2) is 9.18 Å². The van der Waals surface area contributed by atoms with Gasteiger partial charge in [-0.15, -0.1) is 0 Å². The van der Waals surface area contributed by atoms with E-state index in [1.54, 1.807) is 25.1 Å². The quantitative estimate of drug-likeness (QED) is 0.797. The molecule has 2 rings (SSSR count). The third-order valence-electron chi connectivity index (χ3n) is 2.64. The summed E-state index contributed by atoms with van der Waals surface area (Å²) < 4.78 is 13.5. The number of benzene rings is 2. The van der Waals surface area contributed by atoms with E-state index >= 15 is 0 Å². The Bertz CT molecular complexity index is 641. The van der Waals surface area contributed by atoms with E-state index in [0.717, 1.165) is 5.56 Å². The molecule has 0 aliphatic carbocycles. The number of amides is 2. The van der Waals surface area contributed by atoms with Crippen LogP contribution in [0.4, 0.5) is 20.6 Å². The molecule has 0 spiro atoms. The number of hydrogen-bond donors (Lipinski definition) is 2. The number of carbonyl (C=O) groups is 1. The molecule has 2 aromatic carbocycles. The van der Waals surface area contributed by atoms with Crippen molar-refractivity contribution < 1.29 is 9.18 Å². The molecular weight excluding hydrogens is 302 g/mol. The monoisotopic (exact) mass is 312 g/mol. The highest BCUT2D eigenvalue weighted by Crippen LogP contribution is 2.25. The van der Waals surface area contributed by atoms with Gasteiger partial charge in [0.25, 0.3) is 0 Å². The number of para-hydroxylation sites is 1. The molecule has 104 valence electrons. The summed E-state index contributed by atoms with van der Waals surface area (Å²) in [5, 5.41) is 5.69. The normalized spacial score (nSPS) is 10.2. The Morgan fingerprint density at radius 1 is 1.15 bits per heavy atom. The number of urea groups is 1. The molecule has 0 aliphatic heterocycles. The van der Waals surface area contributed by atoms with Gasteiger partial charge in [-0.2, -0.15) is 0 Å². The van der Waals surface area contributed by atoms with Gasteiger partial charge in [-0.05, 0) is 42.8 Å². The second kappa shape index (κ2) is 6.11. The highest BCUT2D eigenvalue weighted by atomic mass is 35.5. The largest absolute Gasteiger partial charge is 0.323 e. The smallest absolute Gasteiger partial charge is 0.307 e. The summed E-state index contributed by atoms with van der Waals surface area (Å²) in [6.45, 7) is 1.80. The van der Waals surface area contributed by atoms with Crippen LogP contribution in [-0.4, -0.2) is 6.03 Å². The van der Waals surface area contributed by atoms with E-state index in [1.807, 2.05) is 0 Å². The van der Waals surface area contributed by atoms with Crippen molar-refractivity contribution in [1.29, 1.82) is 0 Å². The second-order valence-corrected chi connectivity index (χ2v) is 4.98. The van der Waals surface area contributed by atoms with E-state index < -0.39 is 11.8 Å². The van der Waals surface area contributed by atoms with Gasteiger partial charge in [0.05, 0.1) is 10.7 Å². The first-order chi connectivity index (χ1) is 9.47. The average molecular weight is 313 g/mol. The summed E-state index contributed by atoms with van der Waals surface area (Å²) in [4.78, 5) is 11.8. The van der Waals surface area contributed by atoms with Gasteiger partial charge in [0, 0.05) is 10.7 Å². The molecule has 0 saturated heterocycles. The van der Waals surface area contributed by atoms with Crippen LogP contribution >= 0.6 is 23.2 Å². The van der Waals surface area contributed by atoms with Crippen molar-refractivity contribution in [2.24, 2.45) is 0 Å². The first kappa shape index (κ1) is 14.6. The van der Waals surface area contributed by atoms with Gasteiger partial charge in [0.1, 0.15) is 5.82 Å². The van der Waals surface area contributed by atoms with Crippen molar-refractivity contribution in [3.8, 4) is 0 Å². The van der Waals surface area contributed by atoms with Crippen molar-refractivity contribution in [2.45, 2.75) is 6.92 Å². The molecule has 0 unspecified atom stereocenters. The zero-order valence-electron chi connectivity index (χ0n) is 10.5. The summed E-state index contributed by atoms with van der Waals surface area (Å²) in [6.07, 6.45) is 0. The zero-order valence-corrected chi connectivity index (χ0v) is 12.0. The van der Waals surface area contributed by atoms with Crippen molar-refractivity contribution in [2.75, 3.05) is 10.6 Å².